The van der Waals surface area contributed by atoms with Crippen molar-refractivity contribution >= 4 is 23.5 Å². The predicted molar refractivity (Wildman–Crippen MR) is 99.5 cm³/mol. The highest BCUT2D eigenvalue weighted by Gasteiger charge is 2.25. The van der Waals surface area contributed by atoms with Crippen molar-refractivity contribution in [2.45, 2.75) is 39.2 Å². The van der Waals surface area contributed by atoms with Gasteiger partial charge in [-0.2, -0.15) is 0 Å². The normalized spacial score (nSPS) is 17.9. The molecule has 132 valence electrons. The van der Waals surface area contributed by atoms with Gasteiger partial charge in [-0.05, 0) is 37.5 Å². The molecule has 2 rings (SSSR count). The van der Waals surface area contributed by atoms with E-state index in [0.29, 0.717) is 13.0 Å². The van der Waals surface area contributed by atoms with Crippen molar-refractivity contribution in [2.24, 2.45) is 4.99 Å². The summed E-state index contributed by atoms with van der Waals surface area (Å²) in [7, 11) is 0. The van der Waals surface area contributed by atoms with Gasteiger partial charge in [0.15, 0.2) is 5.96 Å². The monoisotopic (exact) mass is 350 g/mol. The molecule has 1 aromatic rings. The number of amides is 1. The fraction of sp³-hybridized carbons (Fsp3) is 0.556. The lowest BCUT2D eigenvalue weighted by Gasteiger charge is -2.18. The van der Waals surface area contributed by atoms with Gasteiger partial charge in [-0.3, -0.25) is 9.79 Å². The molecule has 24 heavy (non-hydrogen) atoms. The van der Waals surface area contributed by atoms with Crippen molar-refractivity contribution < 1.29 is 4.79 Å². The number of carbonyl (C=O) groups is 1. The third-order valence-corrected chi connectivity index (χ3v) is 4.32. The number of halogens is 1. The van der Waals surface area contributed by atoms with Gasteiger partial charge in [0, 0.05) is 43.7 Å². The Morgan fingerprint density at radius 2 is 2.25 bits per heavy atom. The molecule has 1 unspecified atom stereocenters. The van der Waals surface area contributed by atoms with Gasteiger partial charge in [0.05, 0.1) is 0 Å². The Hall–Kier alpha value is -1.75. The smallest absolute Gasteiger partial charge is 0.222 e. The van der Waals surface area contributed by atoms with Crippen molar-refractivity contribution in [3.05, 3.63) is 34.9 Å². The molecular formula is C18H27ClN4O. The van der Waals surface area contributed by atoms with E-state index >= 15 is 0 Å². The average Bonchev–Trinajstić information content (AvgIpc) is 3.03. The molecule has 0 aromatic heterocycles. The van der Waals surface area contributed by atoms with Crippen LogP contribution in [0, 0.1) is 0 Å². The number of nitrogens with one attached hydrogen (secondary N) is 2. The van der Waals surface area contributed by atoms with Crippen LogP contribution in [0.25, 0.3) is 0 Å². The highest BCUT2D eigenvalue weighted by Crippen LogP contribution is 2.12. The maximum Gasteiger partial charge on any atom is 0.222 e. The molecule has 2 N–H and O–H groups in total. The summed E-state index contributed by atoms with van der Waals surface area (Å²) in [5.74, 6) is 1.04. The van der Waals surface area contributed by atoms with Crippen LogP contribution in [-0.2, 0) is 11.2 Å². The highest BCUT2D eigenvalue weighted by atomic mass is 35.5. The highest BCUT2D eigenvalue weighted by molar-refractivity contribution is 6.30. The first-order chi connectivity index (χ1) is 11.6. The minimum Gasteiger partial charge on any atom is -0.357 e. The molecule has 1 aliphatic rings. The molecule has 0 spiro atoms. The second-order valence-electron chi connectivity index (χ2n) is 5.96. The number of guanidine groups is 1. The third-order valence-electron chi connectivity index (χ3n) is 4.09. The molecular weight excluding hydrogens is 324 g/mol. The van der Waals surface area contributed by atoms with E-state index in [-0.39, 0.29) is 11.9 Å². The van der Waals surface area contributed by atoms with Crippen molar-refractivity contribution in [2.75, 3.05) is 26.2 Å². The van der Waals surface area contributed by atoms with Crippen LogP contribution in [0.2, 0.25) is 5.02 Å². The van der Waals surface area contributed by atoms with Crippen LogP contribution in [0.15, 0.2) is 29.3 Å². The summed E-state index contributed by atoms with van der Waals surface area (Å²) < 4.78 is 0. The van der Waals surface area contributed by atoms with E-state index in [1.54, 1.807) is 0 Å². The van der Waals surface area contributed by atoms with E-state index in [1.165, 1.54) is 5.56 Å². The van der Waals surface area contributed by atoms with Crippen LogP contribution in [0.1, 0.15) is 32.3 Å². The molecule has 0 aliphatic carbocycles. The molecule has 1 atom stereocenters. The lowest BCUT2D eigenvalue weighted by Crippen LogP contribution is -2.45. The van der Waals surface area contributed by atoms with Crippen LogP contribution in [0.5, 0.6) is 0 Å². The molecule has 6 heteroatoms. The maximum absolute atomic E-state index is 11.8. The van der Waals surface area contributed by atoms with Crippen LogP contribution in [0.4, 0.5) is 0 Å². The van der Waals surface area contributed by atoms with Gasteiger partial charge < -0.3 is 15.5 Å². The first kappa shape index (κ1) is 18.6. The Labute approximate surface area is 149 Å². The van der Waals surface area contributed by atoms with Gasteiger partial charge in [-0.15, -0.1) is 0 Å². The SMILES string of the molecule is CCNC(=NCCc1cccc(Cl)c1)NC1CCN(C(=O)CC)C1. The van der Waals surface area contributed by atoms with E-state index in [4.69, 9.17) is 11.6 Å². The predicted octanol–water partition coefficient (Wildman–Crippen LogP) is 2.45. The van der Waals surface area contributed by atoms with Crippen molar-refractivity contribution in [1.82, 2.24) is 15.5 Å². The zero-order valence-corrected chi connectivity index (χ0v) is 15.3. The molecule has 0 radical (unpaired) electrons. The molecule has 5 nitrogen and oxygen atoms in total. The molecule has 0 bridgehead atoms. The first-order valence-electron chi connectivity index (χ1n) is 8.69. The van der Waals surface area contributed by atoms with Crippen LogP contribution >= 0.6 is 11.6 Å². The van der Waals surface area contributed by atoms with Gasteiger partial charge in [0.25, 0.3) is 0 Å². The molecule has 1 amide bonds. The van der Waals surface area contributed by atoms with Gasteiger partial charge in [-0.1, -0.05) is 30.7 Å². The summed E-state index contributed by atoms with van der Waals surface area (Å²) in [4.78, 5) is 18.3. The number of hydrogen-bond acceptors (Lipinski definition) is 2. The summed E-state index contributed by atoms with van der Waals surface area (Å²) in [6, 6.07) is 8.14. The van der Waals surface area contributed by atoms with E-state index in [9.17, 15) is 4.79 Å². The quantitative estimate of drug-likeness (QED) is 0.612. The first-order valence-corrected chi connectivity index (χ1v) is 9.07. The number of aliphatic imine (C=N–C) groups is 1. The summed E-state index contributed by atoms with van der Waals surface area (Å²) >= 11 is 6.01. The minimum absolute atomic E-state index is 0.224. The largest absolute Gasteiger partial charge is 0.357 e. The van der Waals surface area contributed by atoms with Crippen LogP contribution in [-0.4, -0.2) is 49.0 Å². The van der Waals surface area contributed by atoms with E-state index < -0.39 is 0 Å². The Morgan fingerprint density at radius 3 is 2.96 bits per heavy atom. The molecule has 1 heterocycles. The zero-order valence-electron chi connectivity index (χ0n) is 14.5. The topological polar surface area (TPSA) is 56.7 Å². The van der Waals surface area contributed by atoms with E-state index in [1.807, 2.05) is 30.0 Å². The molecule has 1 aromatic carbocycles. The Morgan fingerprint density at radius 1 is 1.42 bits per heavy atom. The second kappa shape index (κ2) is 9.52. The Bertz CT molecular complexity index is 576. The molecule has 1 saturated heterocycles. The molecule has 0 saturated carbocycles. The zero-order chi connectivity index (χ0) is 17.4. The Kier molecular flexibility index (Phi) is 7.37. The van der Waals surface area contributed by atoms with Gasteiger partial charge in [0.1, 0.15) is 0 Å². The summed E-state index contributed by atoms with van der Waals surface area (Å²) in [6.07, 6.45) is 2.38. The average molecular weight is 351 g/mol. The lowest BCUT2D eigenvalue weighted by molar-refractivity contribution is -0.129. The summed E-state index contributed by atoms with van der Waals surface area (Å²) in [5, 5.41) is 7.47. The van der Waals surface area contributed by atoms with Gasteiger partial charge >= 0.3 is 0 Å². The lowest BCUT2D eigenvalue weighted by atomic mass is 10.1. The van der Waals surface area contributed by atoms with Crippen LogP contribution < -0.4 is 10.6 Å². The fourth-order valence-electron chi connectivity index (χ4n) is 2.83. The van der Waals surface area contributed by atoms with Gasteiger partial charge in [0.2, 0.25) is 5.91 Å². The number of carbonyl (C=O) groups excluding carboxylic acids is 1. The van der Waals surface area contributed by atoms with E-state index in [2.05, 4.69) is 28.6 Å². The number of likely N-dealkylation sites (tertiary alicyclic amines) is 1. The third kappa shape index (κ3) is 5.71. The van der Waals surface area contributed by atoms with Gasteiger partial charge in [-0.25, -0.2) is 0 Å². The maximum atomic E-state index is 11.8. The van der Waals surface area contributed by atoms with Crippen LogP contribution in [0.3, 0.4) is 0 Å². The molecule has 1 fully saturated rings. The van der Waals surface area contributed by atoms with Crippen molar-refractivity contribution in [3.63, 3.8) is 0 Å². The molecule has 1 aliphatic heterocycles. The van der Waals surface area contributed by atoms with Crippen molar-refractivity contribution in [3.8, 4) is 0 Å². The number of rotatable bonds is 6. The number of hydrogen-bond donors (Lipinski definition) is 2. The standard InChI is InChI=1S/C18H27ClN4O/c1-3-17(24)23-11-9-16(13-23)22-18(20-4-2)21-10-8-14-6-5-7-15(19)12-14/h5-7,12,16H,3-4,8-11,13H2,1-2H3,(H2,20,21,22). The Balaban J connectivity index is 1.86. The number of nitrogens with zero attached hydrogens (tertiary/aromatic N) is 2. The van der Waals surface area contributed by atoms with E-state index in [0.717, 1.165) is 43.5 Å². The second-order valence-corrected chi connectivity index (χ2v) is 6.40. The minimum atomic E-state index is 0.224. The number of benzene rings is 1. The fourth-order valence-corrected chi connectivity index (χ4v) is 3.04. The summed E-state index contributed by atoms with van der Waals surface area (Å²) in [6.45, 7) is 7.05. The summed E-state index contributed by atoms with van der Waals surface area (Å²) in [5.41, 5.74) is 1.18. The van der Waals surface area contributed by atoms with Crippen molar-refractivity contribution in [1.29, 1.82) is 0 Å².